The first-order valence-electron chi connectivity index (χ1n) is 3.87. The molecule has 5 heteroatoms. The van der Waals surface area contributed by atoms with Crippen molar-refractivity contribution in [2.24, 2.45) is 17.2 Å². The third-order valence-corrected chi connectivity index (χ3v) is 0.756. The van der Waals surface area contributed by atoms with Crippen LogP contribution in [-0.4, -0.2) is 52.5 Å². The summed E-state index contributed by atoms with van der Waals surface area (Å²) in [6.45, 7) is 0. The number of benzene rings is 1. The van der Waals surface area contributed by atoms with Gasteiger partial charge in [-0.2, -0.15) is 0 Å². The van der Waals surface area contributed by atoms with Crippen LogP contribution in [0.1, 0.15) is 0 Å². The number of phenols is 1. The Bertz CT molecular complexity index is 150. The molecule has 0 atom stereocenters. The second kappa shape index (κ2) is 29.3. The van der Waals surface area contributed by atoms with Crippen LogP contribution in [0.5, 0.6) is 5.75 Å². The van der Waals surface area contributed by atoms with E-state index in [0.29, 0.717) is 5.75 Å². The number of phenolic OH excluding ortho intramolecular Hbond substituents is 1. The van der Waals surface area contributed by atoms with Crippen molar-refractivity contribution in [2.45, 2.75) is 0 Å². The van der Waals surface area contributed by atoms with Crippen molar-refractivity contribution in [1.29, 1.82) is 0 Å². The van der Waals surface area contributed by atoms with Crippen LogP contribution in [0.2, 0.25) is 0 Å². The van der Waals surface area contributed by atoms with E-state index >= 15 is 0 Å². The van der Waals surface area contributed by atoms with Crippen LogP contribution in [0.25, 0.3) is 0 Å². The fourth-order valence-electron chi connectivity index (χ4n) is 0.428. The molecule has 1 aromatic rings. The molecule has 0 fully saturated rings. The van der Waals surface area contributed by atoms with E-state index in [-0.39, 0.29) is 26.2 Å². The first kappa shape index (κ1) is 23.5. The predicted octanol–water partition coefficient (Wildman–Crippen LogP) is -1.07. The summed E-state index contributed by atoms with van der Waals surface area (Å²) >= 11 is 0. The molecule has 0 saturated heterocycles. The Morgan fingerprint density at radius 2 is 1.07 bits per heavy atom. The molecule has 1 aromatic carbocycles. The maximum absolute atomic E-state index is 8.63. The SMILES string of the molecule is CN.CN.CN.Oc1ccccc1.[BiH3]. The first-order chi connectivity index (χ1) is 6.39. The molecule has 0 amide bonds. The van der Waals surface area contributed by atoms with Gasteiger partial charge in [-0.25, -0.2) is 0 Å². The minimum atomic E-state index is 0. The first-order valence-corrected chi connectivity index (χ1v) is 3.87. The van der Waals surface area contributed by atoms with Crippen molar-refractivity contribution in [3.05, 3.63) is 30.3 Å². The molecule has 0 unspecified atom stereocenters. The van der Waals surface area contributed by atoms with Gasteiger partial charge in [0.1, 0.15) is 5.75 Å². The summed E-state index contributed by atoms with van der Waals surface area (Å²) in [6.07, 6.45) is 0. The number of nitrogens with two attached hydrogens (primary N) is 3. The van der Waals surface area contributed by atoms with Crippen LogP contribution in [0, 0.1) is 0 Å². The standard InChI is InChI=1S/C6H6O.3CH5N.Bi.3H/c7-6-4-2-1-3-5-6;3*1-2;;;;/h1-5,7H;3*2H2,1H3;;;;. The summed E-state index contributed by atoms with van der Waals surface area (Å²) < 4.78 is 0. The molecular weight excluding hydrogens is 375 g/mol. The summed E-state index contributed by atoms with van der Waals surface area (Å²) in [6, 6.07) is 8.71. The molecule has 0 aliphatic rings. The molecule has 0 aliphatic heterocycles. The monoisotopic (exact) mass is 399 g/mol. The van der Waals surface area contributed by atoms with E-state index in [1.807, 2.05) is 6.07 Å². The van der Waals surface area contributed by atoms with Crippen molar-refractivity contribution in [3.63, 3.8) is 0 Å². The van der Waals surface area contributed by atoms with Gasteiger partial charge in [-0.1, -0.05) is 18.2 Å². The van der Waals surface area contributed by atoms with Gasteiger partial charge in [0.2, 0.25) is 0 Å². The molecule has 86 valence electrons. The van der Waals surface area contributed by atoms with Gasteiger partial charge in [-0.05, 0) is 33.3 Å². The summed E-state index contributed by atoms with van der Waals surface area (Å²) in [4.78, 5) is 0. The fourth-order valence-corrected chi connectivity index (χ4v) is 0.428. The fraction of sp³-hybridized carbons (Fsp3) is 0.333. The summed E-state index contributed by atoms with van der Waals surface area (Å²) in [5.74, 6) is 0.322. The van der Waals surface area contributed by atoms with Crippen molar-refractivity contribution < 1.29 is 5.11 Å². The van der Waals surface area contributed by atoms with E-state index in [1.165, 1.54) is 21.1 Å². The number of hydrogen-bond acceptors (Lipinski definition) is 4. The zero-order valence-electron chi connectivity index (χ0n) is 9.27. The van der Waals surface area contributed by atoms with Crippen molar-refractivity contribution in [3.8, 4) is 5.75 Å². The van der Waals surface area contributed by atoms with Gasteiger partial charge in [0.15, 0.2) is 0 Å². The van der Waals surface area contributed by atoms with Gasteiger partial charge in [-0.15, -0.1) is 0 Å². The number of rotatable bonds is 0. The van der Waals surface area contributed by atoms with E-state index in [9.17, 15) is 0 Å². The van der Waals surface area contributed by atoms with Gasteiger partial charge in [0.25, 0.3) is 0 Å². The Morgan fingerprint density at radius 3 is 1.21 bits per heavy atom. The summed E-state index contributed by atoms with van der Waals surface area (Å²) in [5.41, 5.74) is 13.5. The quantitative estimate of drug-likeness (QED) is 0.418. The van der Waals surface area contributed by atoms with E-state index in [4.69, 9.17) is 5.11 Å². The Balaban J connectivity index is -0.0000000625. The second-order valence-electron chi connectivity index (χ2n) is 1.34. The molecule has 0 spiro atoms. The average Bonchev–Trinajstić information content (AvgIpc) is 2.28. The van der Waals surface area contributed by atoms with E-state index < -0.39 is 0 Å². The third-order valence-electron chi connectivity index (χ3n) is 0.756. The van der Waals surface area contributed by atoms with Gasteiger partial charge in [0.05, 0.1) is 0 Å². The normalized spacial score (nSPS) is 5.57. The van der Waals surface area contributed by atoms with E-state index in [0.717, 1.165) is 0 Å². The zero-order valence-corrected chi connectivity index (χ0v) is 14.8. The van der Waals surface area contributed by atoms with Crippen molar-refractivity contribution in [1.82, 2.24) is 0 Å². The molecule has 0 saturated carbocycles. The molecule has 4 nitrogen and oxygen atoms in total. The topological polar surface area (TPSA) is 98.3 Å². The molecule has 0 heterocycles. The minimum absolute atomic E-state index is 0. The molecule has 0 aliphatic carbocycles. The van der Waals surface area contributed by atoms with Gasteiger partial charge in [-0.3, -0.25) is 0 Å². The van der Waals surface area contributed by atoms with Crippen molar-refractivity contribution >= 4 is 26.2 Å². The predicted molar refractivity (Wildman–Crippen MR) is 68.4 cm³/mol. The van der Waals surface area contributed by atoms with Crippen LogP contribution in [-0.2, 0) is 0 Å². The third kappa shape index (κ3) is 22.6. The average molecular weight is 399 g/mol. The van der Waals surface area contributed by atoms with Gasteiger partial charge < -0.3 is 22.3 Å². The summed E-state index contributed by atoms with van der Waals surface area (Å²) in [7, 11) is 4.50. The molecule has 14 heavy (non-hydrogen) atoms. The number of aromatic hydroxyl groups is 1. The Morgan fingerprint density at radius 1 is 0.786 bits per heavy atom. The molecular formula is C9H24BiN3O. The van der Waals surface area contributed by atoms with Gasteiger partial charge in [0, 0.05) is 0 Å². The Hall–Kier alpha value is -0.217. The molecule has 1 rings (SSSR count). The number of hydrogen-bond donors (Lipinski definition) is 4. The Kier molecular flexibility index (Phi) is 49.2. The molecule has 0 aromatic heterocycles. The summed E-state index contributed by atoms with van der Waals surface area (Å²) in [5, 5.41) is 8.63. The molecule has 0 radical (unpaired) electrons. The van der Waals surface area contributed by atoms with Crippen LogP contribution >= 0.6 is 0 Å². The van der Waals surface area contributed by atoms with Crippen molar-refractivity contribution in [2.75, 3.05) is 21.1 Å². The molecule has 7 N–H and O–H groups in total. The van der Waals surface area contributed by atoms with Crippen LogP contribution < -0.4 is 17.2 Å². The zero-order chi connectivity index (χ0) is 11.1. The van der Waals surface area contributed by atoms with Crippen LogP contribution in [0.4, 0.5) is 0 Å². The van der Waals surface area contributed by atoms with Crippen LogP contribution in [0.15, 0.2) is 30.3 Å². The maximum atomic E-state index is 8.63. The second-order valence-corrected chi connectivity index (χ2v) is 1.34. The van der Waals surface area contributed by atoms with E-state index in [2.05, 4.69) is 17.2 Å². The van der Waals surface area contributed by atoms with E-state index in [1.54, 1.807) is 24.3 Å². The molecule has 0 bridgehead atoms. The number of para-hydroxylation sites is 1. The van der Waals surface area contributed by atoms with Gasteiger partial charge >= 0.3 is 26.2 Å². The Labute approximate surface area is 106 Å². The van der Waals surface area contributed by atoms with Crippen LogP contribution in [0.3, 0.4) is 0 Å².